The highest BCUT2D eigenvalue weighted by Crippen LogP contribution is 2.33. The summed E-state index contributed by atoms with van der Waals surface area (Å²) >= 11 is 5.44. The molecule has 1 aliphatic rings. The van der Waals surface area contributed by atoms with Crippen molar-refractivity contribution in [3.63, 3.8) is 0 Å². The summed E-state index contributed by atoms with van der Waals surface area (Å²) in [4.78, 5) is 0. The number of ether oxygens (including phenoxy) is 2. The van der Waals surface area contributed by atoms with Crippen molar-refractivity contribution < 1.29 is 9.47 Å². The van der Waals surface area contributed by atoms with Crippen LogP contribution >= 0.6 is 12.2 Å². The van der Waals surface area contributed by atoms with Crippen molar-refractivity contribution in [3.8, 4) is 11.5 Å². The zero-order chi connectivity index (χ0) is 20.1. The molecular formula is C24H22N2O2S. The second kappa shape index (κ2) is 8.80. The highest BCUT2D eigenvalue weighted by molar-refractivity contribution is 7.80. The molecule has 3 aromatic carbocycles. The van der Waals surface area contributed by atoms with E-state index in [1.54, 1.807) is 7.11 Å². The van der Waals surface area contributed by atoms with Gasteiger partial charge < -0.3 is 20.1 Å². The van der Waals surface area contributed by atoms with Crippen LogP contribution in [0.5, 0.6) is 11.5 Å². The molecule has 0 bridgehead atoms. The van der Waals surface area contributed by atoms with E-state index < -0.39 is 0 Å². The van der Waals surface area contributed by atoms with Gasteiger partial charge >= 0.3 is 0 Å². The van der Waals surface area contributed by atoms with Crippen molar-refractivity contribution in [1.82, 2.24) is 10.6 Å². The van der Waals surface area contributed by atoms with Gasteiger partial charge in [0.25, 0.3) is 0 Å². The first-order chi connectivity index (χ1) is 14.2. The van der Waals surface area contributed by atoms with Gasteiger partial charge in [0, 0.05) is 5.70 Å². The van der Waals surface area contributed by atoms with E-state index >= 15 is 0 Å². The van der Waals surface area contributed by atoms with Gasteiger partial charge in [-0.1, -0.05) is 66.7 Å². The van der Waals surface area contributed by atoms with E-state index in [9.17, 15) is 0 Å². The molecule has 0 amide bonds. The number of benzene rings is 3. The predicted molar refractivity (Wildman–Crippen MR) is 120 cm³/mol. The molecule has 0 radical (unpaired) electrons. The highest BCUT2D eigenvalue weighted by atomic mass is 32.1. The molecule has 0 aromatic heterocycles. The minimum absolute atomic E-state index is 0.0658. The molecule has 29 heavy (non-hydrogen) atoms. The summed E-state index contributed by atoms with van der Waals surface area (Å²) in [7, 11) is 1.65. The molecule has 0 saturated carbocycles. The Balaban J connectivity index is 1.61. The fourth-order valence-corrected chi connectivity index (χ4v) is 3.49. The third-order valence-corrected chi connectivity index (χ3v) is 4.96. The first kappa shape index (κ1) is 19.0. The van der Waals surface area contributed by atoms with E-state index in [0.717, 1.165) is 22.4 Å². The van der Waals surface area contributed by atoms with E-state index in [1.807, 2.05) is 66.7 Å². The van der Waals surface area contributed by atoms with E-state index in [-0.39, 0.29) is 6.04 Å². The van der Waals surface area contributed by atoms with Gasteiger partial charge in [0.05, 0.1) is 13.2 Å². The zero-order valence-corrected chi connectivity index (χ0v) is 16.9. The molecule has 146 valence electrons. The Hall–Kier alpha value is -3.31. The van der Waals surface area contributed by atoms with Gasteiger partial charge in [-0.3, -0.25) is 0 Å². The van der Waals surface area contributed by atoms with Crippen LogP contribution in [0.4, 0.5) is 0 Å². The molecule has 3 aromatic rings. The minimum Gasteiger partial charge on any atom is -0.493 e. The second-order valence-corrected chi connectivity index (χ2v) is 7.12. The minimum atomic E-state index is -0.0658. The van der Waals surface area contributed by atoms with E-state index in [4.69, 9.17) is 21.7 Å². The summed E-state index contributed by atoms with van der Waals surface area (Å²) in [6, 6.07) is 26.1. The van der Waals surface area contributed by atoms with E-state index in [2.05, 4.69) is 28.8 Å². The molecule has 0 unspecified atom stereocenters. The zero-order valence-electron chi connectivity index (χ0n) is 16.1. The van der Waals surface area contributed by atoms with Crippen LogP contribution in [0.2, 0.25) is 0 Å². The van der Waals surface area contributed by atoms with Crippen LogP contribution < -0.4 is 20.1 Å². The lowest BCUT2D eigenvalue weighted by atomic mass is 10.0. The van der Waals surface area contributed by atoms with Crippen LogP contribution in [0.3, 0.4) is 0 Å². The molecule has 4 rings (SSSR count). The first-order valence-corrected chi connectivity index (χ1v) is 9.83. The second-order valence-electron chi connectivity index (χ2n) is 6.71. The Kier molecular flexibility index (Phi) is 5.77. The van der Waals surface area contributed by atoms with E-state index in [1.165, 1.54) is 0 Å². The van der Waals surface area contributed by atoms with Gasteiger partial charge in [0.2, 0.25) is 0 Å². The van der Waals surface area contributed by atoms with Gasteiger partial charge in [0.1, 0.15) is 6.61 Å². The Morgan fingerprint density at radius 2 is 1.62 bits per heavy atom. The summed E-state index contributed by atoms with van der Waals surface area (Å²) in [5, 5.41) is 7.16. The normalized spacial score (nSPS) is 15.7. The summed E-state index contributed by atoms with van der Waals surface area (Å²) in [5.41, 5.74) is 4.23. The van der Waals surface area contributed by atoms with Gasteiger partial charge in [-0.2, -0.15) is 0 Å². The Labute approximate surface area is 176 Å². The Bertz CT molecular complexity index is 1020. The monoisotopic (exact) mass is 402 g/mol. The summed E-state index contributed by atoms with van der Waals surface area (Å²) in [5.74, 6) is 1.41. The summed E-state index contributed by atoms with van der Waals surface area (Å²) < 4.78 is 11.6. The van der Waals surface area contributed by atoms with Crippen LogP contribution in [0.25, 0.3) is 5.70 Å². The fourth-order valence-electron chi connectivity index (χ4n) is 3.25. The summed E-state index contributed by atoms with van der Waals surface area (Å²) in [6.07, 6.45) is 2.13. The summed E-state index contributed by atoms with van der Waals surface area (Å²) in [6.45, 7) is 0.476. The average molecular weight is 403 g/mol. The van der Waals surface area contributed by atoms with Crippen LogP contribution in [-0.2, 0) is 6.61 Å². The van der Waals surface area contributed by atoms with Gasteiger partial charge in [-0.15, -0.1) is 0 Å². The molecule has 0 aliphatic carbocycles. The lowest BCUT2D eigenvalue weighted by Gasteiger charge is -2.27. The smallest absolute Gasteiger partial charge is 0.171 e. The van der Waals surface area contributed by atoms with Crippen LogP contribution in [0.1, 0.15) is 22.7 Å². The molecule has 2 N–H and O–H groups in total. The largest absolute Gasteiger partial charge is 0.493 e. The number of methoxy groups -OCH3 is 1. The Morgan fingerprint density at radius 3 is 2.34 bits per heavy atom. The van der Waals surface area contributed by atoms with Crippen molar-refractivity contribution in [2.45, 2.75) is 12.6 Å². The molecule has 1 heterocycles. The molecule has 0 fully saturated rings. The molecule has 4 nitrogen and oxygen atoms in total. The van der Waals surface area contributed by atoms with Gasteiger partial charge in [-0.25, -0.2) is 0 Å². The van der Waals surface area contributed by atoms with Crippen molar-refractivity contribution >= 4 is 23.0 Å². The molecule has 0 saturated heterocycles. The number of hydrogen-bond donors (Lipinski definition) is 2. The number of hydrogen-bond acceptors (Lipinski definition) is 3. The van der Waals surface area contributed by atoms with Crippen LogP contribution in [0, 0.1) is 0 Å². The van der Waals surface area contributed by atoms with Gasteiger partial charge in [-0.05, 0) is 47.1 Å². The van der Waals surface area contributed by atoms with Crippen molar-refractivity contribution in [3.05, 3.63) is 102 Å². The third-order valence-electron chi connectivity index (χ3n) is 4.74. The Morgan fingerprint density at radius 1 is 0.897 bits per heavy atom. The molecular weight excluding hydrogens is 380 g/mol. The van der Waals surface area contributed by atoms with Crippen LogP contribution in [0.15, 0.2) is 84.9 Å². The van der Waals surface area contributed by atoms with Gasteiger partial charge in [0.15, 0.2) is 16.6 Å². The molecule has 1 atom stereocenters. The fraction of sp³-hybridized carbons (Fsp3) is 0.125. The van der Waals surface area contributed by atoms with Crippen molar-refractivity contribution in [1.29, 1.82) is 0 Å². The maximum absolute atomic E-state index is 6.06. The van der Waals surface area contributed by atoms with Crippen molar-refractivity contribution in [2.75, 3.05) is 7.11 Å². The average Bonchev–Trinajstić information content (AvgIpc) is 2.78. The number of rotatable bonds is 6. The SMILES string of the molecule is COc1ccc([C@H]2C=C(c3ccccc3)NC(=S)N2)cc1OCc1ccccc1. The predicted octanol–water partition coefficient (Wildman–Crippen LogP) is 4.83. The molecule has 0 spiro atoms. The lowest BCUT2D eigenvalue weighted by Crippen LogP contribution is -2.40. The number of nitrogens with one attached hydrogen (secondary N) is 2. The van der Waals surface area contributed by atoms with Crippen LogP contribution in [-0.4, -0.2) is 12.2 Å². The maximum Gasteiger partial charge on any atom is 0.171 e. The highest BCUT2D eigenvalue weighted by Gasteiger charge is 2.20. The quantitative estimate of drug-likeness (QED) is 0.578. The maximum atomic E-state index is 6.06. The first-order valence-electron chi connectivity index (χ1n) is 9.42. The lowest BCUT2D eigenvalue weighted by molar-refractivity contribution is 0.284. The molecule has 1 aliphatic heterocycles. The number of thiocarbonyl (C=S) groups is 1. The third kappa shape index (κ3) is 4.58. The molecule has 5 heteroatoms. The van der Waals surface area contributed by atoms with E-state index in [0.29, 0.717) is 23.2 Å². The standard InChI is InChI=1S/C24H22N2O2S/c1-27-22-13-12-19(14-23(22)28-16-17-8-4-2-5-9-17)21-15-20(25-24(29)26-21)18-10-6-3-7-11-18/h2-15,21H,16H2,1H3,(H2,25,26,29)/t21-/m1/s1. The topological polar surface area (TPSA) is 42.5 Å². The van der Waals surface area contributed by atoms with Crippen molar-refractivity contribution in [2.24, 2.45) is 0 Å².